The van der Waals surface area contributed by atoms with Gasteiger partial charge in [-0.1, -0.05) is 13.8 Å². The van der Waals surface area contributed by atoms with Gasteiger partial charge in [-0.3, -0.25) is 4.79 Å². The molecule has 21 heavy (non-hydrogen) atoms. The highest BCUT2D eigenvalue weighted by molar-refractivity contribution is 5.95. The summed E-state index contributed by atoms with van der Waals surface area (Å²) in [4.78, 5) is 25.2. The summed E-state index contributed by atoms with van der Waals surface area (Å²) in [6.07, 6.45) is 0.929. The molecule has 0 saturated heterocycles. The van der Waals surface area contributed by atoms with E-state index in [9.17, 15) is 9.59 Å². The summed E-state index contributed by atoms with van der Waals surface area (Å²) < 4.78 is 0. The lowest BCUT2D eigenvalue weighted by atomic mass is 10.1. The summed E-state index contributed by atoms with van der Waals surface area (Å²) in [5, 5.41) is 5.58. The van der Waals surface area contributed by atoms with Gasteiger partial charge in [0.15, 0.2) is 5.78 Å². The number of Topliss-reactive ketones (excluding diaryl/α,β-unsaturated/α-hetero) is 1. The number of nitrogens with one attached hydrogen (secondary N) is 2. The Kier molecular flexibility index (Phi) is 7.46. The smallest absolute Gasteiger partial charge is 0.319 e. The fraction of sp³-hybridized carbons (Fsp3) is 0.500. The van der Waals surface area contributed by atoms with Crippen molar-refractivity contribution in [3.05, 3.63) is 29.8 Å². The lowest BCUT2D eigenvalue weighted by Gasteiger charge is -2.17. The second-order valence-electron chi connectivity index (χ2n) is 4.89. The van der Waals surface area contributed by atoms with E-state index in [2.05, 4.69) is 29.4 Å². The summed E-state index contributed by atoms with van der Waals surface area (Å²) in [6, 6.07) is 6.65. The van der Waals surface area contributed by atoms with Crippen molar-refractivity contribution in [2.24, 2.45) is 0 Å². The minimum absolute atomic E-state index is 0.0161. The quantitative estimate of drug-likeness (QED) is 0.572. The number of hydrogen-bond acceptors (Lipinski definition) is 3. The predicted octanol–water partition coefficient (Wildman–Crippen LogP) is 2.74. The number of carbonyl (C=O) groups excluding carboxylic acids is 2. The van der Waals surface area contributed by atoms with E-state index in [0.29, 0.717) is 17.8 Å². The summed E-state index contributed by atoms with van der Waals surface area (Å²) in [5.41, 5.74) is 1.32. The van der Waals surface area contributed by atoms with Crippen LogP contribution in [0.1, 0.15) is 37.6 Å². The molecule has 0 aliphatic rings. The zero-order valence-corrected chi connectivity index (χ0v) is 13.1. The zero-order valence-electron chi connectivity index (χ0n) is 13.1. The molecular formula is C16H25N3O2. The van der Waals surface area contributed by atoms with Gasteiger partial charge in [0.25, 0.3) is 0 Å². The fourth-order valence-corrected chi connectivity index (χ4v) is 2.01. The summed E-state index contributed by atoms with van der Waals surface area (Å²) in [6.45, 7) is 9.48. The number of hydrogen-bond donors (Lipinski definition) is 2. The van der Waals surface area contributed by atoms with E-state index in [0.717, 1.165) is 26.1 Å². The SMILES string of the molecule is CCN(CC)CCCNC(=O)Nc1ccc(C(C)=O)cc1. The van der Waals surface area contributed by atoms with Gasteiger partial charge in [0.2, 0.25) is 0 Å². The number of carbonyl (C=O) groups is 2. The molecule has 1 aromatic carbocycles. The van der Waals surface area contributed by atoms with Crippen LogP contribution in [0.15, 0.2) is 24.3 Å². The molecule has 1 rings (SSSR count). The van der Waals surface area contributed by atoms with Gasteiger partial charge in [0.1, 0.15) is 0 Å². The largest absolute Gasteiger partial charge is 0.338 e. The Morgan fingerprint density at radius 1 is 1.10 bits per heavy atom. The zero-order chi connectivity index (χ0) is 15.7. The van der Waals surface area contributed by atoms with E-state index in [1.807, 2.05) is 0 Å². The normalized spacial score (nSPS) is 10.5. The number of benzene rings is 1. The molecule has 0 unspecified atom stereocenters. The first-order valence-corrected chi connectivity index (χ1v) is 7.45. The van der Waals surface area contributed by atoms with Crippen LogP contribution >= 0.6 is 0 Å². The maximum absolute atomic E-state index is 11.7. The molecule has 5 nitrogen and oxygen atoms in total. The van der Waals surface area contributed by atoms with E-state index in [1.165, 1.54) is 6.92 Å². The van der Waals surface area contributed by atoms with Crippen LogP contribution in [0.5, 0.6) is 0 Å². The van der Waals surface area contributed by atoms with Crippen molar-refractivity contribution in [2.45, 2.75) is 27.2 Å². The molecule has 0 heterocycles. The summed E-state index contributed by atoms with van der Waals surface area (Å²) >= 11 is 0. The van der Waals surface area contributed by atoms with Crippen molar-refractivity contribution in [1.29, 1.82) is 0 Å². The molecular weight excluding hydrogens is 266 g/mol. The van der Waals surface area contributed by atoms with Gasteiger partial charge in [-0.05, 0) is 57.2 Å². The van der Waals surface area contributed by atoms with Gasteiger partial charge in [0.05, 0.1) is 0 Å². The van der Waals surface area contributed by atoms with Crippen LogP contribution < -0.4 is 10.6 Å². The van der Waals surface area contributed by atoms with E-state index in [4.69, 9.17) is 0 Å². The van der Waals surface area contributed by atoms with Crippen molar-refractivity contribution < 1.29 is 9.59 Å². The Balaban J connectivity index is 2.29. The number of urea groups is 1. The second-order valence-corrected chi connectivity index (χ2v) is 4.89. The monoisotopic (exact) mass is 291 g/mol. The number of anilines is 1. The maximum Gasteiger partial charge on any atom is 0.319 e. The van der Waals surface area contributed by atoms with Gasteiger partial charge < -0.3 is 15.5 Å². The molecule has 0 aromatic heterocycles. The highest BCUT2D eigenvalue weighted by atomic mass is 16.2. The lowest BCUT2D eigenvalue weighted by molar-refractivity contribution is 0.101. The molecule has 0 spiro atoms. The van der Waals surface area contributed by atoms with Gasteiger partial charge in [-0.25, -0.2) is 4.79 Å². The van der Waals surface area contributed by atoms with E-state index >= 15 is 0 Å². The first-order chi connectivity index (χ1) is 10.1. The molecule has 0 radical (unpaired) electrons. The average molecular weight is 291 g/mol. The second kappa shape index (κ2) is 9.13. The van der Waals surface area contributed by atoms with Crippen molar-refractivity contribution >= 4 is 17.5 Å². The number of nitrogens with zero attached hydrogens (tertiary/aromatic N) is 1. The molecule has 2 N–H and O–H groups in total. The van der Waals surface area contributed by atoms with Crippen molar-refractivity contribution in [3.8, 4) is 0 Å². The fourth-order valence-electron chi connectivity index (χ4n) is 2.01. The molecule has 5 heteroatoms. The third kappa shape index (κ3) is 6.40. The van der Waals surface area contributed by atoms with Crippen LogP contribution in [-0.4, -0.2) is 42.9 Å². The van der Waals surface area contributed by atoms with Gasteiger partial charge >= 0.3 is 6.03 Å². The van der Waals surface area contributed by atoms with Crippen LogP contribution in [0.4, 0.5) is 10.5 Å². The first-order valence-electron chi connectivity index (χ1n) is 7.45. The number of ketones is 1. The van der Waals surface area contributed by atoms with E-state index in [1.54, 1.807) is 24.3 Å². The minimum Gasteiger partial charge on any atom is -0.338 e. The van der Waals surface area contributed by atoms with Gasteiger partial charge in [-0.15, -0.1) is 0 Å². The van der Waals surface area contributed by atoms with Crippen molar-refractivity contribution in [2.75, 3.05) is 31.5 Å². The van der Waals surface area contributed by atoms with E-state index in [-0.39, 0.29) is 11.8 Å². The predicted molar refractivity (Wildman–Crippen MR) is 85.9 cm³/mol. The Bertz CT molecular complexity index is 453. The van der Waals surface area contributed by atoms with Crippen LogP contribution in [-0.2, 0) is 0 Å². The molecule has 2 amide bonds. The Hall–Kier alpha value is -1.88. The van der Waals surface area contributed by atoms with Crippen molar-refractivity contribution in [1.82, 2.24) is 10.2 Å². The molecule has 0 fully saturated rings. The maximum atomic E-state index is 11.7. The average Bonchev–Trinajstić information content (AvgIpc) is 2.48. The summed E-state index contributed by atoms with van der Waals surface area (Å²) in [5.74, 6) is 0.0161. The van der Waals surface area contributed by atoms with Crippen LogP contribution in [0.2, 0.25) is 0 Å². The molecule has 0 atom stereocenters. The Morgan fingerprint density at radius 2 is 1.71 bits per heavy atom. The highest BCUT2D eigenvalue weighted by Crippen LogP contribution is 2.09. The van der Waals surface area contributed by atoms with Gasteiger partial charge in [-0.2, -0.15) is 0 Å². The molecule has 1 aromatic rings. The topological polar surface area (TPSA) is 61.4 Å². The number of amides is 2. The number of rotatable bonds is 8. The molecule has 0 saturated carbocycles. The molecule has 0 bridgehead atoms. The van der Waals surface area contributed by atoms with Crippen LogP contribution in [0.25, 0.3) is 0 Å². The van der Waals surface area contributed by atoms with E-state index < -0.39 is 0 Å². The van der Waals surface area contributed by atoms with Crippen molar-refractivity contribution in [3.63, 3.8) is 0 Å². The molecule has 0 aliphatic heterocycles. The standard InChI is InChI=1S/C16H25N3O2/c1-4-19(5-2)12-6-11-17-16(21)18-15-9-7-14(8-10-15)13(3)20/h7-10H,4-6,11-12H2,1-3H3,(H2,17,18,21). The highest BCUT2D eigenvalue weighted by Gasteiger charge is 2.03. The lowest BCUT2D eigenvalue weighted by Crippen LogP contribution is -2.32. The molecule has 0 aliphatic carbocycles. The van der Waals surface area contributed by atoms with Gasteiger partial charge in [0, 0.05) is 17.8 Å². The Labute approximate surface area is 126 Å². The first kappa shape index (κ1) is 17.2. The molecule has 116 valence electrons. The third-order valence-electron chi connectivity index (χ3n) is 3.38. The van der Waals surface area contributed by atoms with Crippen LogP contribution in [0, 0.1) is 0 Å². The Morgan fingerprint density at radius 3 is 2.24 bits per heavy atom. The third-order valence-corrected chi connectivity index (χ3v) is 3.38. The summed E-state index contributed by atoms with van der Waals surface area (Å²) in [7, 11) is 0. The minimum atomic E-state index is -0.217. The van der Waals surface area contributed by atoms with Crippen LogP contribution in [0.3, 0.4) is 0 Å².